The van der Waals surface area contributed by atoms with Gasteiger partial charge in [0.2, 0.25) is 0 Å². The van der Waals surface area contributed by atoms with Crippen molar-refractivity contribution in [3.8, 4) is 11.5 Å². The smallest absolute Gasteiger partial charge is 0.127 e. The van der Waals surface area contributed by atoms with Crippen LogP contribution in [0.1, 0.15) is 12.0 Å². The van der Waals surface area contributed by atoms with E-state index in [2.05, 4.69) is 28.4 Å². The van der Waals surface area contributed by atoms with Gasteiger partial charge in [0.15, 0.2) is 0 Å². The monoisotopic (exact) mass is 318 g/mol. The van der Waals surface area contributed by atoms with Gasteiger partial charge in [-0.15, -0.1) is 12.4 Å². The molecule has 0 amide bonds. The van der Waals surface area contributed by atoms with Gasteiger partial charge in [0.1, 0.15) is 11.5 Å². The van der Waals surface area contributed by atoms with Crippen LogP contribution in [0, 0.1) is 0 Å². The van der Waals surface area contributed by atoms with Crippen LogP contribution in [0.15, 0.2) is 54.6 Å². The molecule has 0 radical (unpaired) electrons. The van der Waals surface area contributed by atoms with Crippen molar-refractivity contribution in [1.82, 2.24) is 10.2 Å². The first-order valence-electron chi connectivity index (χ1n) is 7.55. The summed E-state index contributed by atoms with van der Waals surface area (Å²) in [6.45, 7) is 3.28. The topological polar surface area (TPSA) is 24.5 Å². The van der Waals surface area contributed by atoms with Crippen LogP contribution in [0.5, 0.6) is 11.5 Å². The number of hydrogen-bond donors (Lipinski definition) is 1. The van der Waals surface area contributed by atoms with Gasteiger partial charge < -0.3 is 10.1 Å². The van der Waals surface area contributed by atoms with Crippen LogP contribution in [0.4, 0.5) is 0 Å². The van der Waals surface area contributed by atoms with E-state index in [1.807, 2.05) is 43.4 Å². The van der Waals surface area contributed by atoms with Crippen molar-refractivity contribution in [2.24, 2.45) is 0 Å². The fraction of sp³-hybridized carbons (Fsp3) is 0.333. The molecule has 2 aromatic carbocycles. The van der Waals surface area contributed by atoms with Gasteiger partial charge in [-0.2, -0.15) is 0 Å². The van der Waals surface area contributed by atoms with E-state index in [0.29, 0.717) is 6.04 Å². The molecule has 0 aliphatic carbocycles. The van der Waals surface area contributed by atoms with E-state index in [9.17, 15) is 0 Å². The lowest BCUT2D eigenvalue weighted by atomic mass is 10.2. The predicted octanol–water partition coefficient (Wildman–Crippen LogP) is 3.69. The van der Waals surface area contributed by atoms with E-state index >= 15 is 0 Å². The Bertz CT molecular complexity index is 576. The highest BCUT2D eigenvalue weighted by atomic mass is 35.5. The van der Waals surface area contributed by atoms with Crippen LogP contribution in [0.25, 0.3) is 0 Å². The van der Waals surface area contributed by atoms with Crippen molar-refractivity contribution in [1.29, 1.82) is 0 Å². The van der Waals surface area contributed by atoms with Gasteiger partial charge in [-0.05, 0) is 43.3 Å². The van der Waals surface area contributed by atoms with Crippen LogP contribution >= 0.6 is 12.4 Å². The van der Waals surface area contributed by atoms with Crippen molar-refractivity contribution in [2.75, 3.05) is 20.1 Å². The van der Waals surface area contributed by atoms with Crippen LogP contribution in [-0.4, -0.2) is 31.1 Å². The molecule has 3 nitrogen and oxygen atoms in total. The highest BCUT2D eigenvalue weighted by Crippen LogP contribution is 2.23. The number of nitrogens with one attached hydrogen (secondary N) is 1. The van der Waals surface area contributed by atoms with Gasteiger partial charge in [-0.1, -0.05) is 30.3 Å². The second-order valence-corrected chi connectivity index (χ2v) is 5.57. The Balaban J connectivity index is 0.00000176. The van der Waals surface area contributed by atoms with E-state index < -0.39 is 0 Å². The molecule has 1 aliphatic rings. The number of para-hydroxylation sites is 1. The van der Waals surface area contributed by atoms with E-state index in [4.69, 9.17) is 4.74 Å². The number of benzene rings is 2. The third kappa shape index (κ3) is 4.47. The zero-order valence-electron chi connectivity index (χ0n) is 12.9. The number of halogens is 1. The molecular formula is C18H23ClN2O. The lowest BCUT2D eigenvalue weighted by Crippen LogP contribution is -2.29. The summed E-state index contributed by atoms with van der Waals surface area (Å²) in [4.78, 5) is 2.49. The molecule has 1 aliphatic heterocycles. The molecule has 2 aromatic rings. The summed E-state index contributed by atoms with van der Waals surface area (Å²) in [5, 5.41) is 3.36. The number of likely N-dealkylation sites (tertiary alicyclic amines) is 1. The summed E-state index contributed by atoms with van der Waals surface area (Å²) >= 11 is 0. The zero-order chi connectivity index (χ0) is 14.5. The molecule has 0 saturated carbocycles. The Morgan fingerprint density at radius 2 is 1.86 bits per heavy atom. The molecular weight excluding hydrogens is 296 g/mol. The summed E-state index contributed by atoms with van der Waals surface area (Å²) in [5.74, 6) is 1.79. The highest BCUT2D eigenvalue weighted by Gasteiger charge is 2.20. The Labute approximate surface area is 138 Å². The summed E-state index contributed by atoms with van der Waals surface area (Å²) in [7, 11) is 2.04. The van der Waals surface area contributed by atoms with Crippen LogP contribution in [0.2, 0.25) is 0 Å². The fourth-order valence-electron chi connectivity index (χ4n) is 2.80. The maximum Gasteiger partial charge on any atom is 0.127 e. The molecule has 1 N–H and O–H groups in total. The molecule has 4 heteroatoms. The summed E-state index contributed by atoms with van der Waals surface area (Å²) in [6.07, 6.45) is 1.23. The largest absolute Gasteiger partial charge is 0.457 e. The van der Waals surface area contributed by atoms with Crippen LogP contribution < -0.4 is 10.1 Å². The number of rotatable bonds is 5. The Kier molecular flexibility index (Phi) is 6.25. The minimum atomic E-state index is 0. The summed E-state index contributed by atoms with van der Waals surface area (Å²) in [5.41, 5.74) is 1.31. The van der Waals surface area contributed by atoms with Gasteiger partial charge in [0.05, 0.1) is 0 Å². The van der Waals surface area contributed by atoms with Gasteiger partial charge >= 0.3 is 0 Å². The summed E-state index contributed by atoms with van der Waals surface area (Å²) < 4.78 is 5.89. The average molecular weight is 319 g/mol. The first kappa shape index (κ1) is 16.8. The van der Waals surface area contributed by atoms with Crippen molar-refractivity contribution >= 4 is 12.4 Å². The third-order valence-corrected chi connectivity index (χ3v) is 3.96. The fourth-order valence-corrected chi connectivity index (χ4v) is 2.80. The SMILES string of the molecule is CNC1CCN(Cc2cccc(Oc3ccccc3)c2)C1.Cl. The van der Waals surface area contributed by atoms with Crippen molar-refractivity contribution in [3.63, 3.8) is 0 Å². The van der Waals surface area contributed by atoms with E-state index in [-0.39, 0.29) is 12.4 Å². The number of ether oxygens (including phenoxy) is 1. The molecule has 0 spiro atoms. The Hall–Kier alpha value is -1.55. The highest BCUT2D eigenvalue weighted by molar-refractivity contribution is 5.85. The van der Waals surface area contributed by atoms with Crippen LogP contribution in [0.3, 0.4) is 0 Å². The van der Waals surface area contributed by atoms with E-state index in [1.54, 1.807) is 0 Å². The Morgan fingerprint density at radius 3 is 2.59 bits per heavy atom. The zero-order valence-corrected chi connectivity index (χ0v) is 13.7. The average Bonchev–Trinajstić information content (AvgIpc) is 2.96. The first-order chi connectivity index (χ1) is 10.3. The lowest BCUT2D eigenvalue weighted by molar-refractivity contribution is 0.322. The third-order valence-electron chi connectivity index (χ3n) is 3.96. The second kappa shape index (κ2) is 8.18. The number of likely N-dealkylation sites (N-methyl/N-ethyl adjacent to an activating group) is 1. The molecule has 0 aromatic heterocycles. The molecule has 1 fully saturated rings. The van der Waals surface area contributed by atoms with Gasteiger partial charge in [0, 0.05) is 25.7 Å². The summed E-state index contributed by atoms with van der Waals surface area (Å²) in [6, 6.07) is 18.9. The standard InChI is InChI=1S/C18H22N2O.ClH/c1-19-16-10-11-20(14-16)13-15-6-5-9-18(12-15)21-17-7-3-2-4-8-17;/h2-9,12,16,19H,10-11,13-14H2,1H3;1H. The number of nitrogens with zero attached hydrogens (tertiary/aromatic N) is 1. The first-order valence-corrected chi connectivity index (χ1v) is 7.55. The molecule has 0 bridgehead atoms. The van der Waals surface area contributed by atoms with E-state index in [0.717, 1.165) is 31.1 Å². The molecule has 22 heavy (non-hydrogen) atoms. The molecule has 118 valence electrons. The van der Waals surface area contributed by atoms with Crippen molar-refractivity contribution in [3.05, 3.63) is 60.2 Å². The molecule has 3 rings (SSSR count). The van der Waals surface area contributed by atoms with Crippen molar-refractivity contribution in [2.45, 2.75) is 19.0 Å². The van der Waals surface area contributed by atoms with Gasteiger partial charge in [-0.3, -0.25) is 4.90 Å². The molecule has 1 atom stereocenters. The maximum atomic E-state index is 5.89. The second-order valence-electron chi connectivity index (χ2n) is 5.57. The Morgan fingerprint density at radius 1 is 1.09 bits per heavy atom. The van der Waals surface area contributed by atoms with Crippen LogP contribution in [-0.2, 0) is 6.54 Å². The predicted molar refractivity (Wildman–Crippen MR) is 92.9 cm³/mol. The van der Waals surface area contributed by atoms with E-state index in [1.165, 1.54) is 12.0 Å². The lowest BCUT2D eigenvalue weighted by Gasteiger charge is -2.16. The maximum absolute atomic E-state index is 5.89. The molecule has 1 saturated heterocycles. The van der Waals surface area contributed by atoms with Gasteiger partial charge in [-0.25, -0.2) is 0 Å². The normalized spacial score (nSPS) is 18.0. The van der Waals surface area contributed by atoms with Gasteiger partial charge in [0.25, 0.3) is 0 Å². The minimum Gasteiger partial charge on any atom is -0.457 e. The molecule has 1 heterocycles. The minimum absolute atomic E-state index is 0. The molecule has 1 unspecified atom stereocenters. The quantitative estimate of drug-likeness (QED) is 0.910. The number of hydrogen-bond acceptors (Lipinski definition) is 3. The van der Waals surface area contributed by atoms with Crippen molar-refractivity contribution < 1.29 is 4.74 Å².